The number of aromatic nitrogens is 2. The molecule has 7 nitrogen and oxygen atoms in total. The molecule has 2 aromatic rings. The second kappa shape index (κ2) is 8.44. The molecule has 0 saturated carbocycles. The van der Waals surface area contributed by atoms with Crippen LogP contribution >= 0.6 is 15.9 Å². The van der Waals surface area contributed by atoms with Gasteiger partial charge in [-0.2, -0.15) is 13.2 Å². The van der Waals surface area contributed by atoms with Crippen molar-refractivity contribution in [3.63, 3.8) is 0 Å². The quantitative estimate of drug-likeness (QED) is 0.671. The number of carbonyl (C=O) groups excluding carboxylic acids is 2. The summed E-state index contributed by atoms with van der Waals surface area (Å²) in [5, 5.41) is 0. The fourth-order valence-corrected chi connectivity index (χ4v) is 3.67. The highest BCUT2D eigenvalue weighted by Crippen LogP contribution is 2.30. The number of amides is 2. The lowest BCUT2D eigenvalue weighted by Gasteiger charge is -2.32. The molecule has 1 fully saturated rings. The Morgan fingerprint density at radius 3 is 2.41 bits per heavy atom. The van der Waals surface area contributed by atoms with Crippen molar-refractivity contribution in [2.75, 3.05) is 18.0 Å². The summed E-state index contributed by atoms with van der Waals surface area (Å²) in [7, 11) is 1.71. The van der Waals surface area contributed by atoms with Gasteiger partial charge in [0.25, 0.3) is 5.91 Å². The predicted octanol–water partition coefficient (Wildman–Crippen LogP) is 2.88. The maximum atomic E-state index is 12.6. The number of pyridine rings is 1. The number of alkyl halides is 3. The van der Waals surface area contributed by atoms with E-state index in [-0.39, 0.29) is 11.8 Å². The molecule has 0 radical (unpaired) electrons. The lowest BCUT2D eigenvalue weighted by Crippen LogP contribution is -2.47. The second-order valence-corrected chi connectivity index (χ2v) is 7.68. The van der Waals surface area contributed by atoms with Gasteiger partial charge in [0, 0.05) is 42.9 Å². The van der Waals surface area contributed by atoms with E-state index in [1.54, 1.807) is 23.9 Å². The van der Waals surface area contributed by atoms with Gasteiger partial charge in [0.1, 0.15) is 11.5 Å². The Morgan fingerprint density at radius 2 is 1.90 bits per heavy atom. The first-order valence-corrected chi connectivity index (χ1v) is 9.64. The Kier molecular flexibility index (Phi) is 6.15. The number of carbonyl (C=O) groups is 2. The van der Waals surface area contributed by atoms with E-state index in [1.807, 2.05) is 4.90 Å². The molecule has 2 aromatic heterocycles. The average Bonchev–Trinajstić information content (AvgIpc) is 3.03. The van der Waals surface area contributed by atoms with Gasteiger partial charge in [-0.25, -0.2) is 4.98 Å². The van der Waals surface area contributed by atoms with E-state index >= 15 is 0 Å². The molecule has 29 heavy (non-hydrogen) atoms. The van der Waals surface area contributed by atoms with Crippen LogP contribution in [-0.4, -0.2) is 34.5 Å². The van der Waals surface area contributed by atoms with Crippen LogP contribution in [0.2, 0.25) is 0 Å². The van der Waals surface area contributed by atoms with Crippen LogP contribution in [0.5, 0.6) is 0 Å². The molecule has 0 bridgehead atoms. The monoisotopic (exact) mass is 473 g/mol. The number of nitrogens with zero attached hydrogens (tertiary/aromatic N) is 3. The summed E-state index contributed by atoms with van der Waals surface area (Å²) in [6.07, 6.45) is -0.885. The fourth-order valence-electron chi connectivity index (χ4n) is 3.15. The van der Waals surface area contributed by atoms with Crippen molar-refractivity contribution in [2.45, 2.75) is 19.0 Å². The molecule has 1 aliphatic rings. The maximum Gasteiger partial charge on any atom is 0.417 e. The molecule has 0 aliphatic carbocycles. The minimum absolute atomic E-state index is 0.299. The fraction of sp³-hybridized carbons (Fsp3) is 0.389. The summed E-state index contributed by atoms with van der Waals surface area (Å²) in [6, 6.07) is 3.97. The van der Waals surface area contributed by atoms with Gasteiger partial charge in [-0.15, -0.1) is 0 Å². The average molecular weight is 474 g/mol. The van der Waals surface area contributed by atoms with Gasteiger partial charge in [0.15, 0.2) is 0 Å². The van der Waals surface area contributed by atoms with E-state index in [0.29, 0.717) is 37.4 Å². The second-order valence-electron chi connectivity index (χ2n) is 6.76. The number of aryl methyl sites for hydroxylation is 1. The molecule has 1 saturated heterocycles. The van der Waals surface area contributed by atoms with Gasteiger partial charge in [0.2, 0.25) is 5.91 Å². The Bertz CT molecular complexity index is 890. The third kappa shape index (κ3) is 5.08. The van der Waals surface area contributed by atoms with Crippen LogP contribution in [0.15, 0.2) is 35.1 Å². The largest absolute Gasteiger partial charge is 0.417 e. The molecule has 1 aliphatic heterocycles. The number of hydrazine groups is 1. The van der Waals surface area contributed by atoms with Crippen LogP contribution < -0.4 is 15.8 Å². The molecule has 0 unspecified atom stereocenters. The summed E-state index contributed by atoms with van der Waals surface area (Å²) in [5.41, 5.74) is 4.43. The first-order valence-electron chi connectivity index (χ1n) is 8.85. The Morgan fingerprint density at radius 1 is 1.21 bits per heavy atom. The molecule has 2 amide bonds. The minimum Gasteiger partial charge on any atom is -0.357 e. The number of halogens is 4. The molecule has 3 heterocycles. The smallest absolute Gasteiger partial charge is 0.357 e. The van der Waals surface area contributed by atoms with E-state index in [1.165, 1.54) is 6.07 Å². The van der Waals surface area contributed by atoms with Crippen molar-refractivity contribution in [3.8, 4) is 0 Å². The first kappa shape index (κ1) is 21.2. The lowest BCUT2D eigenvalue weighted by molar-refractivity contribution is -0.137. The molecule has 3 rings (SSSR count). The summed E-state index contributed by atoms with van der Waals surface area (Å²) < 4.78 is 40.3. The minimum atomic E-state index is -4.42. The van der Waals surface area contributed by atoms with E-state index in [9.17, 15) is 22.8 Å². The third-order valence-electron chi connectivity index (χ3n) is 4.77. The van der Waals surface area contributed by atoms with Crippen LogP contribution in [0, 0.1) is 5.92 Å². The zero-order valence-corrected chi connectivity index (χ0v) is 17.0. The van der Waals surface area contributed by atoms with E-state index in [0.717, 1.165) is 16.7 Å². The standard InChI is InChI=1S/C18H19BrF3N5O2/c1-26-10-13(19)8-14(26)17(29)25-24-16(28)11-4-6-27(7-5-11)15-3-2-12(9-23-15)18(20,21)22/h2-3,8-11H,4-7H2,1H3,(H,24,28)(H,25,29). The Labute approximate surface area is 173 Å². The molecule has 0 atom stereocenters. The van der Waals surface area contributed by atoms with Crippen molar-refractivity contribution in [3.05, 3.63) is 46.3 Å². The van der Waals surface area contributed by atoms with Crippen molar-refractivity contribution < 1.29 is 22.8 Å². The van der Waals surface area contributed by atoms with E-state index in [2.05, 4.69) is 31.8 Å². The third-order valence-corrected chi connectivity index (χ3v) is 5.20. The normalized spacial score (nSPS) is 15.3. The first-order chi connectivity index (χ1) is 13.6. The van der Waals surface area contributed by atoms with Crippen LogP contribution in [-0.2, 0) is 18.0 Å². The number of piperidine rings is 1. The van der Waals surface area contributed by atoms with Gasteiger partial charge in [-0.05, 0) is 47.0 Å². The number of hydrogen-bond acceptors (Lipinski definition) is 4. The van der Waals surface area contributed by atoms with Crippen molar-refractivity contribution in [2.24, 2.45) is 13.0 Å². The van der Waals surface area contributed by atoms with E-state index < -0.39 is 17.6 Å². The van der Waals surface area contributed by atoms with Crippen LogP contribution in [0.3, 0.4) is 0 Å². The molecular weight excluding hydrogens is 455 g/mol. The highest BCUT2D eigenvalue weighted by Gasteiger charge is 2.31. The molecule has 156 valence electrons. The van der Waals surface area contributed by atoms with Gasteiger partial charge >= 0.3 is 6.18 Å². The number of anilines is 1. The lowest BCUT2D eigenvalue weighted by atomic mass is 9.96. The van der Waals surface area contributed by atoms with Gasteiger partial charge in [-0.1, -0.05) is 0 Å². The molecule has 2 N–H and O–H groups in total. The van der Waals surface area contributed by atoms with Crippen molar-refractivity contribution in [1.82, 2.24) is 20.4 Å². The summed E-state index contributed by atoms with van der Waals surface area (Å²) in [5.74, 6) is -0.592. The van der Waals surface area contributed by atoms with Crippen molar-refractivity contribution >= 4 is 33.6 Å². The number of rotatable bonds is 3. The molecule has 0 aromatic carbocycles. The van der Waals surface area contributed by atoms with Gasteiger partial charge < -0.3 is 9.47 Å². The Balaban J connectivity index is 1.49. The van der Waals surface area contributed by atoms with Gasteiger partial charge in [-0.3, -0.25) is 20.4 Å². The van der Waals surface area contributed by atoms with Gasteiger partial charge in [0.05, 0.1) is 5.56 Å². The molecule has 11 heteroatoms. The zero-order valence-electron chi connectivity index (χ0n) is 15.5. The number of nitrogens with one attached hydrogen (secondary N) is 2. The van der Waals surface area contributed by atoms with Crippen LogP contribution in [0.25, 0.3) is 0 Å². The summed E-state index contributed by atoms with van der Waals surface area (Å²) in [6.45, 7) is 0.963. The van der Waals surface area contributed by atoms with Crippen LogP contribution in [0.4, 0.5) is 19.0 Å². The highest BCUT2D eigenvalue weighted by atomic mass is 79.9. The summed E-state index contributed by atoms with van der Waals surface area (Å²) in [4.78, 5) is 30.2. The predicted molar refractivity (Wildman–Crippen MR) is 103 cm³/mol. The van der Waals surface area contributed by atoms with E-state index in [4.69, 9.17) is 0 Å². The topological polar surface area (TPSA) is 79.3 Å². The number of hydrogen-bond donors (Lipinski definition) is 2. The molecular formula is C18H19BrF3N5O2. The van der Waals surface area contributed by atoms with Crippen LogP contribution in [0.1, 0.15) is 28.9 Å². The SMILES string of the molecule is Cn1cc(Br)cc1C(=O)NNC(=O)C1CCN(c2ccc(C(F)(F)F)cn2)CC1. The maximum absolute atomic E-state index is 12.6. The Hall–Kier alpha value is -2.56. The van der Waals surface area contributed by atoms with Crippen molar-refractivity contribution in [1.29, 1.82) is 0 Å². The zero-order chi connectivity index (χ0) is 21.2. The highest BCUT2D eigenvalue weighted by molar-refractivity contribution is 9.10. The molecule has 0 spiro atoms. The summed E-state index contributed by atoms with van der Waals surface area (Å²) >= 11 is 3.28.